The van der Waals surface area contributed by atoms with Gasteiger partial charge in [-0.1, -0.05) is 36.4 Å². The highest BCUT2D eigenvalue weighted by Crippen LogP contribution is 2.28. The van der Waals surface area contributed by atoms with Crippen molar-refractivity contribution in [3.8, 4) is 5.75 Å². The largest absolute Gasteiger partial charge is 0.497 e. The molecule has 2 N–H and O–H groups in total. The molecule has 0 saturated carbocycles. The van der Waals surface area contributed by atoms with Crippen molar-refractivity contribution in [1.29, 1.82) is 0 Å². The van der Waals surface area contributed by atoms with Gasteiger partial charge in [-0.3, -0.25) is 0 Å². The molecule has 0 amide bonds. The van der Waals surface area contributed by atoms with Crippen molar-refractivity contribution in [3.63, 3.8) is 0 Å². The molecule has 1 aliphatic rings. The number of nitrogens with one attached hydrogen (secondary N) is 1. The predicted octanol–water partition coefficient (Wildman–Crippen LogP) is 3.40. The first kappa shape index (κ1) is 15.8. The smallest absolute Gasteiger partial charge is 0.118 e. The topological polar surface area (TPSA) is 41.5 Å². The van der Waals surface area contributed by atoms with Crippen LogP contribution in [0.1, 0.15) is 33.9 Å². The van der Waals surface area contributed by atoms with Crippen molar-refractivity contribution in [3.05, 3.63) is 70.3 Å². The average Bonchev–Trinajstić information content (AvgIpc) is 2.59. The maximum atomic E-state index is 9.51. The van der Waals surface area contributed by atoms with Gasteiger partial charge >= 0.3 is 0 Å². The number of aliphatic hydroxyl groups excluding tert-OH is 1. The number of benzene rings is 2. The molecular weight excluding hydrogens is 286 g/mol. The lowest BCUT2D eigenvalue weighted by molar-refractivity contribution is 0.280. The van der Waals surface area contributed by atoms with Crippen LogP contribution >= 0.6 is 0 Å². The van der Waals surface area contributed by atoms with E-state index >= 15 is 0 Å². The van der Waals surface area contributed by atoms with E-state index in [-0.39, 0.29) is 12.6 Å². The Morgan fingerprint density at radius 3 is 2.74 bits per heavy atom. The molecule has 3 heteroatoms. The van der Waals surface area contributed by atoms with E-state index in [2.05, 4.69) is 36.5 Å². The zero-order chi connectivity index (χ0) is 16.2. The number of ether oxygens (including phenoxy) is 1. The number of fused-ring (bicyclic) bond motifs is 1. The van der Waals surface area contributed by atoms with Crippen LogP contribution < -0.4 is 10.1 Å². The summed E-state index contributed by atoms with van der Waals surface area (Å²) >= 11 is 0. The average molecular weight is 309 g/mol. The number of hydrogen-bond donors (Lipinski definition) is 2. The maximum Gasteiger partial charge on any atom is 0.118 e. The molecule has 0 aliphatic carbocycles. The molecule has 120 valence electrons. The maximum absolute atomic E-state index is 9.51. The van der Waals surface area contributed by atoms with Crippen LogP contribution in [0.5, 0.6) is 5.75 Å². The van der Waals surface area contributed by atoms with Crippen LogP contribution in [0, 0.1) is 6.92 Å². The Hall–Kier alpha value is -2.10. The predicted molar refractivity (Wildman–Crippen MR) is 93.6 cm³/mol. The summed E-state index contributed by atoms with van der Waals surface area (Å²) in [5.74, 6) is 0.867. The van der Waals surface area contributed by atoms with Gasteiger partial charge in [0.2, 0.25) is 0 Å². The van der Waals surface area contributed by atoms with E-state index in [1.807, 2.05) is 24.3 Å². The minimum atomic E-state index is 0.0913. The van der Waals surface area contributed by atoms with Crippen molar-refractivity contribution in [1.82, 2.24) is 5.32 Å². The summed E-state index contributed by atoms with van der Waals surface area (Å²) in [4.78, 5) is 0. The minimum Gasteiger partial charge on any atom is -0.497 e. The molecule has 1 unspecified atom stereocenters. The van der Waals surface area contributed by atoms with Gasteiger partial charge in [-0.05, 0) is 53.3 Å². The quantitative estimate of drug-likeness (QED) is 0.909. The second kappa shape index (κ2) is 6.99. The molecule has 1 aliphatic heterocycles. The highest BCUT2D eigenvalue weighted by molar-refractivity contribution is 5.53. The molecule has 0 saturated heterocycles. The molecule has 1 atom stereocenters. The van der Waals surface area contributed by atoms with Crippen molar-refractivity contribution in [2.45, 2.75) is 26.0 Å². The highest BCUT2D eigenvalue weighted by Gasteiger charge is 2.18. The summed E-state index contributed by atoms with van der Waals surface area (Å²) in [6, 6.07) is 12.6. The number of rotatable bonds is 4. The molecule has 3 rings (SSSR count). The Labute approximate surface area is 137 Å². The normalized spacial score (nSPS) is 17.3. The zero-order valence-corrected chi connectivity index (χ0v) is 13.7. The molecule has 2 aromatic carbocycles. The van der Waals surface area contributed by atoms with Crippen molar-refractivity contribution in [2.75, 3.05) is 13.7 Å². The van der Waals surface area contributed by atoms with Gasteiger partial charge in [0.15, 0.2) is 0 Å². The fraction of sp³-hybridized carbons (Fsp3) is 0.300. The van der Waals surface area contributed by atoms with E-state index in [4.69, 9.17) is 4.74 Å². The van der Waals surface area contributed by atoms with E-state index in [0.717, 1.165) is 29.8 Å². The number of aryl methyl sites for hydroxylation is 1. The molecule has 1 heterocycles. The van der Waals surface area contributed by atoms with E-state index in [0.29, 0.717) is 0 Å². The number of aliphatic hydroxyl groups is 1. The molecular formula is C20H23NO2. The number of hydrogen-bond acceptors (Lipinski definition) is 3. The van der Waals surface area contributed by atoms with E-state index in [1.54, 1.807) is 7.11 Å². The Kier molecular flexibility index (Phi) is 4.79. The van der Waals surface area contributed by atoms with Crippen molar-refractivity contribution >= 4 is 6.08 Å². The molecule has 0 bridgehead atoms. The van der Waals surface area contributed by atoms with Crippen LogP contribution in [-0.4, -0.2) is 18.8 Å². The summed E-state index contributed by atoms with van der Waals surface area (Å²) in [7, 11) is 1.68. The molecule has 3 nitrogen and oxygen atoms in total. The summed E-state index contributed by atoms with van der Waals surface area (Å²) in [5.41, 5.74) is 5.98. The van der Waals surface area contributed by atoms with Gasteiger partial charge in [0.05, 0.1) is 19.8 Å². The summed E-state index contributed by atoms with van der Waals surface area (Å²) in [6.07, 6.45) is 5.36. The highest BCUT2D eigenvalue weighted by atomic mass is 16.5. The zero-order valence-electron chi connectivity index (χ0n) is 13.7. The molecule has 0 radical (unpaired) electrons. The summed E-state index contributed by atoms with van der Waals surface area (Å²) in [6.45, 7) is 3.13. The third-order valence-corrected chi connectivity index (χ3v) is 4.46. The van der Waals surface area contributed by atoms with Crippen LogP contribution in [0.3, 0.4) is 0 Å². The van der Waals surface area contributed by atoms with E-state index < -0.39 is 0 Å². The van der Waals surface area contributed by atoms with Gasteiger partial charge in [0, 0.05) is 6.54 Å². The lowest BCUT2D eigenvalue weighted by Crippen LogP contribution is -2.28. The molecule has 23 heavy (non-hydrogen) atoms. The van der Waals surface area contributed by atoms with E-state index in [1.165, 1.54) is 16.7 Å². The summed E-state index contributed by atoms with van der Waals surface area (Å²) < 4.78 is 5.19. The van der Waals surface area contributed by atoms with Gasteiger partial charge in [-0.2, -0.15) is 0 Å². The van der Waals surface area contributed by atoms with Crippen molar-refractivity contribution in [2.24, 2.45) is 0 Å². The van der Waals surface area contributed by atoms with Gasteiger partial charge in [-0.25, -0.2) is 0 Å². The van der Waals surface area contributed by atoms with Crippen LogP contribution in [0.15, 0.2) is 42.5 Å². The fourth-order valence-electron chi connectivity index (χ4n) is 3.07. The monoisotopic (exact) mass is 309 g/mol. The van der Waals surface area contributed by atoms with Crippen LogP contribution in [0.2, 0.25) is 0 Å². The third-order valence-electron chi connectivity index (χ3n) is 4.46. The lowest BCUT2D eigenvalue weighted by Gasteiger charge is -2.26. The van der Waals surface area contributed by atoms with Gasteiger partial charge < -0.3 is 15.2 Å². The van der Waals surface area contributed by atoms with Crippen LogP contribution in [0.25, 0.3) is 6.08 Å². The Morgan fingerprint density at radius 2 is 2.04 bits per heavy atom. The van der Waals surface area contributed by atoms with Crippen LogP contribution in [0.4, 0.5) is 0 Å². The Bertz CT molecular complexity index is 704. The Morgan fingerprint density at radius 1 is 1.26 bits per heavy atom. The van der Waals surface area contributed by atoms with Crippen LogP contribution in [-0.2, 0) is 13.0 Å². The Balaban J connectivity index is 1.85. The minimum absolute atomic E-state index is 0.0913. The summed E-state index contributed by atoms with van der Waals surface area (Å²) in [5, 5.41) is 13.1. The first-order chi connectivity index (χ1) is 11.2. The van der Waals surface area contributed by atoms with E-state index in [9.17, 15) is 5.11 Å². The molecule has 0 fully saturated rings. The standard InChI is InChI=1S/C20H23NO2/c1-14-11-16-9-10-21-20(19(16)12-17(14)13-22)8-5-15-3-6-18(23-2)7-4-15/h3-8,11-12,20-22H,9-10,13H2,1-2H3/b8-5+. The molecule has 0 aromatic heterocycles. The first-order valence-electron chi connectivity index (χ1n) is 8.00. The third kappa shape index (κ3) is 3.46. The van der Waals surface area contributed by atoms with Gasteiger partial charge in [0.1, 0.15) is 5.75 Å². The second-order valence-corrected chi connectivity index (χ2v) is 5.95. The van der Waals surface area contributed by atoms with Gasteiger partial charge in [0.25, 0.3) is 0 Å². The number of methoxy groups -OCH3 is 1. The van der Waals surface area contributed by atoms with Gasteiger partial charge in [-0.15, -0.1) is 0 Å². The van der Waals surface area contributed by atoms with Crippen molar-refractivity contribution < 1.29 is 9.84 Å². The lowest BCUT2D eigenvalue weighted by atomic mass is 9.90. The fourth-order valence-corrected chi connectivity index (χ4v) is 3.07. The molecule has 2 aromatic rings. The molecule has 0 spiro atoms. The second-order valence-electron chi connectivity index (χ2n) is 5.95. The first-order valence-corrected chi connectivity index (χ1v) is 8.00. The SMILES string of the molecule is COc1ccc(/C=C/C2NCCc3cc(C)c(CO)cc32)cc1.